The lowest BCUT2D eigenvalue weighted by atomic mass is 9.85. The van der Waals surface area contributed by atoms with Crippen molar-refractivity contribution in [2.45, 2.75) is 31.1 Å². The average Bonchev–Trinajstić information content (AvgIpc) is 2.16. The molecular formula is C11H17NO2S. The van der Waals surface area contributed by atoms with Crippen LogP contribution < -0.4 is 5.14 Å². The van der Waals surface area contributed by atoms with E-state index in [1.165, 1.54) is 0 Å². The van der Waals surface area contributed by atoms with E-state index in [0.29, 0.717) is 0 Å². The number of hydrogen-bond donors (Lipinski definition) is 2. The second kappa shape index (κ2) is 4.04. The molecule has 0 heterocycles. The van der Waals surface area contributed by atoms with E-state index in [9.17, 15) is 9.32 Å². The molecule has 1 aromatic rings. The number of hydrogen-bond acceptors (Lipinski definition) is 2. The first-order valence-electron chi connectivity index (χ1n) is 4.74. The van der Waals surface area contributed by atoms with Crippen LogP contribution >= 0.6 is 0 Å². The molecule has 1 aromatic carbocycles. The Morgan fingerprint density at radius 2 is 1.67 bits per heavy atom. The summed E-state index contributed by atoms with van der Waals surface area (Å²) in [5.74, 6) is 0. The Hall–Kier alpha value is -0.710. The molecule has 2 atom stereocenters. The highest BCUT2D eigenvalue weighted by molar-refractivity contribution is 7.83. The van der Waals surface area contributed by atoms with Crippen molar-refractivity contribution in [1.29, 1.82) is 0 Å². The third-order valence-corrected chi connectivity index (χ3v) is 4.43. The van der Waals surface area contributed by atoms with Crippen molar-refractivity contribution in [2.24, 2.45) is 5.14 Å². The number of nitrogens with two attached hydrogens (primary N) is 1. The monoisotopic (exact) mass is 227 g/mol. The van der Waals surface area contributed by atoms with Crippen molar-refractivity contribution in [1.82, 2.24) is 0 Å². The van der Waals surface area contributed by atoms with Crippen molar-refractivity contribution in [3.05, 3.63) is 35.9 Å². The Morgan fingerprint density at radius 3 is 2.00 bits per heavy atom. The number of aliphatic hydroxyl groups is 1. The molecule has 1 rings (SSSR count). The van der Waals surface area contributed by atoms with Gasteiger partial charge in [0.25, 0.3) is 0 Å². The molecule has 0 amide bonds. The largest absolute Gasteiger partial charge is 0.389 e. The molecule has 15 heavy (non-hydrogen) atoms. The molecule has 4 heteroatoms. The van der Waals surface area contributed by atoms with Crippen LogP contribution in [0, 0.1) is 0 Å². The summed E-state index contributed by atoms with van der Waals surface area (Å²) >= 11 is 0. The van der Waals surface area contributed by atoms with Crippen LogP contribution in [0.25, 0.3) is 0 Å². The van der Waals surface area contributed by atoms with E-state index in [-0.39, 0.29) is 0 Å². The average molecular weight is 227 g/mol. The Kier molecular flexibility index (Phi) is 3.33. The second-order valence-electron chi connectivity index (χ2n) is 4.26. The third kappa shape index (κ3) is 2.12. The molecule has 2 unspecified atom stereocenters. The van der Waals surface area contributed by atoms with E-state index in [1.54, 1.807) is 20.8 Å². The van der Waals surface area contributed by atoms with Gasteiger partial charge in [-0.2, -0.15) is 0 Å². The Morgan fingerprint density at radius 1 is 1.20 bits per heavy atom. The normalized spacial score (nSPS) is 18.2. The van der Waals surface area contributed by atoms with Gasteiger partial charge >= 0.3 is 0 Å². The minimum atomic E-state index is -1.64. The Labute approximate surface area is 92.9 Å². The lowest BCUT2D eigenvalue weighted by Gasteiger charge is -2.38. The molecular weight excluding hydrogens is 210 g/mol. The maximum atomic E-state index is 11.6. The van der Waals surface area contributed by atoms with Gasteiger partial charge in [0, 0.05) is 0 Å². The predicted octanol–water partition coefficient (Wildman–Crippen LogP) is 1.30. The van der Waals surface area contributed by atoms with Crippen LogP contribution in [0.4, 0.5) is 0 Å². The zero-order valence-electron chi connectivity index (χ0n) is 9.23. The summed E-state index contributed by atoms with van der Waals surface area (Å²) in [7, 11) is -1.64. The van der Waals surface area contributed by atoms with Gasteiger partial charge in [-0.15, -0.1) is 0 Å². The minimum Gasteiger partial charge on any atom is -0.389 e. The molecule has 0 saturated carbocycles. The molecule has 0 aliphatic rings. The van der Waals surface area contributed by atoms with E-state index in [4.69, 9.17) is 5.14 Å². The quantitative estimate of drug-likeness (QED) is 0.817. The molecule has 0 spiro atoms. The van der Waals surface area contributed by atoms with E-state index in [1.807, 2.05) is 30.3 Å². The van der Waals surface area contributed by atoms with Gasteiger partial charge in [0.1, 0.15) is 15.7 Å². The molecule has 0 fully saturated rings. The summed E-state index contributed by atoms with van der Waals surface area (Å²) in [5, 5.41) is 15.6. The van der Waals surface area contributed by atoms with Gasteiger partial charge in [0.05, 0.1) is 5.60 Å². The van der Waals surface area contributed by atoms with Crippen LogP contribution in [-0.4, -0.2) is 14.9 Å². The highest BCUT2D eigenvalue weighted by atomic mass is 32.2. The van der Waals surface area contributed by atoms with Crippen molar-refractivity contribution in [3.63, 3.8) is 0 Å². The van der Waals surface area contributed by atoms with Gasteiger partial charge in [-0.3, -0.25) is 5.14 Å². The summed E-state index contributed by atoms with van der Waals surface area (Å²) in [5.41, 5.74) is -0.369. The zero-order valence-corrected chi connectivity index (χ0v) is 10.0. The minimum absolute atomic E-state index is 0.776. The van der Waals surface area contributed by atoms with Gasteiger partial charge in [0.15, 0.2) is 0 Å². The van der Waals surface area contributed by atoms with Crippen molar-refractivity contribution in [3.8, 4) is 0 Å². The predicted molar refractivity (Wildman–Crippen MR) is 62.4 cm³/mol. The van der Waals surface area contributed by atoms with Gasteiger partial charge in [-0.05, 0) is 26.3 Å². The van der Waals surface area contributed by atoms with Crippen LogP contribution in [-0.2, 0) is 15.7 Å². The standard InChI is InChI=1S/C11H17NO2S/c1-10(2,13)11(3,15(12)14)9-7-5-4-6-8-9/h4-8,13H,12H2,1-3H3. The van der Waals surface area contributed by atoms with Gasteiger partial charge in [-0.1, -0.05) is 30.3 Å². The maximum Gasteiger partial charge on any atom is 0.110 e. The highest BCUT2D eigenvalue weighted by Crippen LogP contribution is 2.36. The topological polar surface area (TPSA) is 63.3 Å². The molecule has 3 N–H and O–H groups in total. The lowest BCUT2D eigenvalue weighted by Crippen LogP contribution is -2.50. The summed E-state index contributed by atoms with van der Waals surface area (Å²) in [6, 6.07) is 9.19. The molecule has 0 radical (unpaired) electrons. The first kappa shape index (κ1) is 12.4. The molecule has 0 saturated heterocycles. The molecule has 84 valence electrons. The number of benzene rings is 1. The van der Waals surface area contributed by atoms with Gasteiger partial charge in [0.2, 0.25) is 0 Å². The van der Waals surface area contributed by atoms with Crippen LogP contribution in [0.5, 0.6) is 0 Å². The lowest BCUT2D eigenvalue weighted by molar-refractivity contribution is 0.0393. The van der Waals surface area contributed by atoms with Crippen molar-refractivity contribution < 1.29 is 9.32 Å². The molecule has 0 aromatic heterocycles. The molecule has 0 bridgehead atoms. The maximum absolute atomic E-state index is 11.6. The van der Waals surface area contributed by atoms with Crippen LogP contribution in [0.3, 0.4) is 0 Å². The fourth-order valence-electron chi connectivity index (χ4n) is 1.47. The van der Waals surface area contributed by atoms with Crippen LogP contribution in [0.1, 0.15) is 26.3 Å². The van der Waals surface area contributed by atoms with Gasteiger partial charge in [-0.25, -0.2) is 4.21 Å². The van der Waals surface area contributed by atoms with E-state index >= 15 is 0 Å². The highest BCUT2D eigenvalue weighted by Gasteiger charge is 2.45. The summed E-state index contributed by atoms with van der Waals surface area (Å²) < 4.78 is 10.7. The SMILES string of the molecule is CC(C)(O)C(C)(c1ccccc1)S(N)=O. The second-order valence-corrected chi connectivity index (χ2v) is 5.67. The molecule has 3 nitrogen and oxygen atoms in total. The first-order chi connectivity index (χ1) is 6.80. The summed E-state index contributed by atoms with van der Waals surface area (Å²) in [6.45, 7) is 4.94. The van der Waals surface area contributed by atoms with E-state index in [2.05, 4.69) is 0 Å². The zero-order chi connectivity index (χ0) is 11.7. The fraction of sp³-hybridized carbons (Fsp3) is 0.455. The summed E-state index contributed by atoms with van der Waals surface area (Å²) in [4.78, 5) is 0. The molecule has 0 aliphatic carbocycles. The smallest absolute Gasteiger partial charge is 0.110 e. The van der Waals surface area contributed by atoms with Gasteiger partial charge < -0.3 is 5.11 Å². The van der Waals surface area contributed by atoms with E-state index < -0.39 is 21.3 Å². The third-order valence-electron chi connectivity index (χ3n) is 2.89. The van der Waals surface area contributed by atoms with Crippen LogP contribution in [0.2, 0.25) is 0 Å². The van der Waals surface area contributed by atoms with Crippen molar-refractivity contribution in [2.75, 3.05) is 0 Å². The van der Waals surface area contributed by atoms with E-state index in [0.717, 1.165) is 5.56 Å². The molecule has 0 aliphatic heterocycles. The van der Waals surface area contributed by atoms with Crippen molar-refractivity contribution >= 4 is 11.0 Å². The summed E-state index contributed by atoms with van der Waals surface area (Å²) in [6.07, 6.45) is 0. The fourth-order valence-corrected chi connectivity index (χ4v) is 2.33. The van der Waals surface area contributed by atoms with Crippen LogP contribution in [0.15, 0.2) is 30.3 Å². The first-order valence-corrected chi connectivity index (χ1v) is 5.95. The Bertz CT molecular complexity index is 359. The number of rotatable bonds is 3. The Balaban J connectivity index is 3.32.